The van der Waals surface area contributed by atoms with Gasteiger partial charge in [0.05, 0.1) is 18.9 Å². The van der Waals surface area contributed by atoms with Crippen molar-refractivity contribution >= 4 is 5.91 Å². The molecule has 1 aliphatic carbocycles. The highest BCUT2D eigenvalue weighted by atomic mass is 16.5. The number of nitrogens with zero attached hydrogens (tertiary/aromatic N) is 1. The van der Waals surface area contributed by atoms with Gasteiger partial charge in [-0.2, -0.15) is 0 Å². The molecule has 112 valence electrons. The molecule has 0 radical (unpaired) electrons. The molecule has 1 saturated carbocycles. The van der Waals surface area contributed by atoms with Crippen molar-refractivity contribution in [1.82, 2.24) is 15.5 Å². The van der Waals surface area contributed by atoms with Crippen LogP contribution in [0, 0.1) is 11.3 Å². The van der Waals surface area contributed by atoms with Crippen molar-refractivity contribution in [2.45, 2.75) is 25.9 Å². The maximum atomic E-state index is 12.5. The minimum absolute atomic E-state index is 0.00812. The maximum Gasteiger partial charge on any atom is 0.269 e. The van der Waals surface area contributed by atoms with Crippen LogP contribution in [0.1, 0.15) is 19.8 Å². The summed E-state index contributed by atoms with van der Waals surface area (Å²) in [7, 11) is 0. The molecule has 0 spiro atoms. The third kappa shape index (κ3) is 2.25. The van der Waals surface area contributed by atoms with E-state index in [2.05, 4.69) is 28.7 Å². The number of amides is 1. The van der Waals surface area contributed by atoms with E-state index in [9.17, 15) is 4.79 Å². The van der Waals surface area contributed by atoms with E-state index in [1.807, 2.05) is 18.2 Å². The van der Waals surface area contributed by atoms with Crippen molar-refractivity contribution in [3.63, 3.8) is 0 Å². The number of hydrogen-bond acceptors (Lipinski definition) is 4. The van der Waals surface area contributed by atoms with E-state index in [1.54, 1.807) is 0 Å². The Balaban J connectivity index is 1.48. The molecule has 4 aliphatic rings. The zero-order valence-corrected chi connectivity index (χ0v) is 12.3. The molecule has 21 heavy (non-hydrogen) atoms. The quantitative estimate of drug-likeness (QED) is 0.812. The lowest BCUT2D eigenvalue weighted by Gasteiger charge is -2.38. The number of allylic oxidation sites excluding steroid dienone is 3. The van der Waals surface area contributed by atoms with Crippen LogP contribution in [0.2, 0.25) is 0 Å². The minimum atomic E-state index is -0.00812. The largest absolute Gasteiger partial charge is 0.380 e. The first-order chi connectivity index (χ1) is 10.2. The van der Waals surface area contributed by atoms with E-state index in [0.717, 1.165) is 18.9 Å². The average Bonchev–Trinajstić information content (AvgIpc) is 3.23. The Morgan fingerprint density at radius 3 is 2.95 bits per heavy atom. The van der Waals surface area contributed by atoms with Gasteiger partial charge in [0.15, 0.2) is 0 Å². The molecule has 1 atom stereocenters. The molecule has 5 heteroatoms. The second-order valence-corrected chi connectivity index (χ2v) is 6.78. The predicted molar refractivity (Wildman–Crippen MR) is 78.7 cm³/mol. The Kier molecular flexibility index (Phi) is 2.85. The van der Waals surface area contributed by atoms with Gasteiger partial charge in [0, 0.05) is 18.2 Å². The van der Waals surface area contributed by atoms with Crippen LogP contribution in [0.15, 0.2) is 35.8 Å². The van der Waals surface area contributed by atoms with Gasteiger partial charge in [0.1, 0.15) is 11.9 Å². The number of carbonyl (C=O) groups excluding carboxylic acids is 1. The molecule has 1 saturated heterocycles. The van der Waals surface area contributed by atoms with Crippen molar-refractivity contribution in [2.24, 2.45) is 11.3 Å². The van der Waals surface area contributed by atoms with E-state index in [-0.39, 0.29) is 17.5 Å². The standard InChI is InChI=1S/C16H21N3O2/c1-16(9-21-10-16)8-17-15(20)13-12-4-2-3-7-19(12)14(18-13)11-5-6-11/h2-4,7,11,14,18H,5-6,8-10H2,1H3,(H,17,20). The van der Waals surface area contributed by atoms with E-state index in [1.165, 1.54) is 12.8 Å². The topological polar surface area (TPSA) is 53.6 Å². The number of rotatable bonds is 4. The Morgan fingerprint density at radius 2 is 2.29 bits per heavy atom. The van der Waals surface area contributed by atoms with E-state index >= 15 is 0 Å². The third-order valence-corrected chi connectivity index (χ3v) is 4.61. The molecule has 0 bridgehead atoms. The van der Waals surface area contributed by atoms with Gasteiger partial charge >= 0.3 is 0 Å². The van der Waals surface area contributed by atoms with Crippen LogP contribution in [0.4, 0.5) is 0 Å². The number of nitrogens with one attached hydrogen (secondary N) is 2. The molecule has 4 rings (SSSR count). The van der Waals surface area contributed by atoms with Gasteiger partial charge in [0.2, 0.25) is 0 Å². The summed E-state index contributed by atoms with van der Waals surface area (Å²) >= 11 is 0. The zero-order valence-electron chi connectivity index (χ0n) is 12.3. The molecule has 3 aliphatic heterocycles. The maximum absolute atomic E-state index is 12.5. The summed E-state index contributed by atoms with van der Waals surface area (Å²) in [5, 5.41) is 6.48. The Hall–Kier alpha value is -1.75. The first-order valence-corrected chi connectivity index (χ1v) is 7.66. The molecule has 1 unspecified atom stereocenters. The lowest BCUT2D eigenvalue weighted by Crippen LogP contribution is -2.49. The van der Waals surface area contributed by atoms with Crippen LogP contribution in [-0.4, -0.2) is 36.7 Å². The van der Waals surface area contributed by atoms with Crippen LogP contribution in [0.3, 0.4) is 0 Å². The first-order valence-electron chi connectivity index (χ1n) is 7.66. The fourth-order valence-corrected chi connectivity index (χ4v) is 3.08. The Bertz CT molecular complexity index is 556. The monoisotopic (exact) mass is 287 g/mol. The lowest BCUT2D eigenvalue weighted by molar-refractivity contribution is -0.123. The predicted octanol–water partition coefficient (Wildman–Crippen LogP) is 1.08. The molecule has 3 heterocycles. The van der Waals surface area contributed by atoms with Gasteiger partial charge in [0.25, 0.3) is 5.91 Å². The fraction of sp³-hybridized carbons (Fsp3) is 0.562. The van der Waals surface area contributed by atoms with Crippen LogP contribution >= 0.6 is 0 Å². The van der Waals surface area contributed by atoms with Crippen molar-refractivity contribution in [3.05, 3.63) is 35.8 Å². The summed E-state index contributed by atoms with van der Waals surface area (Å²) in [4.78, 5) is 14.7. The van der Waals surface area contributed by atoms with Gasteiger partial charge in [-0.15, -0.1) is 0 Å². The van der Waals surface area contributed by atoms with E-state index < -0.39 is 0 Å². The molecular weight excluding hydrogens is 266 g/mol. The molecule has 0 aromatic heterocycles. The highest BCUT2D eigenvalue weighted by Gasteiger charge is 2.42. The summed E-state index contributed by atoms with van der Waals surface area (Å²) in [6, 6.07) is 0. The van der Waals surface area contributed by atoms with E-state index in [0.29, 0.717) is 18.2 Å². The molecular formula is C16H21N3O2. The number of ether oxygens (including phenoxy) is 1. The van der Waals surface area contributed by atoms with Gasteiger partial charge in [-0.1, -0.05) is 13.0 Å². The zero-order chi connectivity index (χ0) is 14.4. The van der Waals surface area contributed by atoms with Crippen molar-refractivity contribution in [1.29, 1.82) is 0 Å². The summed E-state index contributed by atoms with van der Waals surface area (Å²) in [6.45, 7) is 4.26. The minimum Gasteiger partial charge on any atom is -0.380 e. The molecule has 2 fully saturated rings. The van der Waals surface area contributed by atoms with Gasteiger partial charge in [-0.3, -0.25) is 4.79 Å². The smallest absolute Gasteiger partial charge is 0.269 e. The second-order valence-electron chi connectivity index (χ2n) is 6.78. The van der Waals surface area contributed by atoms with Gasteiger partial charge in [-0.25, -0.2) is 0 Å². The number of fused-ring (bicyclic) bond motifs is 1. The van der Waals surface area contributed by atoms with Crippen LogP contribution in [-0.2, 0) is 9.53 Å². The fourth-order valence-electron chi connectivity index (χ4n) is 3.08. The molecule has 0 aromatic rings. The molecule has 0 aromatic carbocycles. The second kappa shape index (κ2) is 4.63. The van der Waals surface area contributed by atoms with Crippen LogP contribution < -0.4 is 10.6 Å². The number of hydrogen-bond donors (Lipinski definition) is 2. The SMILES string of the molecule is CC1(CNC(=O)C2=C3C=CC=CN3C(C3CC3)N2)COC1. The lowest BCUT2D eigenvalue weighted by atomic mass is 9.89. The van der Waals surface area contributed by atoms with Crippen LogP contribution in [0.25, 0.3) is 0 Å². The van der Waals surface area contributed by atoms with E-state index in [4.69, 9.17) is 4.74 Å². The third-order valence-electron chi connectivity index (χ3n) is 4.61. The van der Waals surface area contributed by atoms with Gasteiger partial charge in [-0.05, 0) is 30.9 Å². The van der Waals surface area contributed by atoms with Crippen molar-refractivity contribution in [3.8, 4) is 0 Å². The normalized spacial score (nSPS) is 29.0. The highest BCUT2D eigenvalue weighted by Crippen LogP contribution is 2.40. The number of carbonyl (C=O) groups is 1. The Labute approximate surface area is 124 Å². The summed E-state index contributed by atoms with van der Waals surface area (Å²) in [5.74, 6) is 0.644. The highest BCUT2D eigenvalue weighted by molar-refractivity contribution is 5.94. The molecule has 1 amide bonds. The summed E-state index contributed by atoms with van der Waals surface area (Å²) in [6.07, 6.45) is 10.8. The molecule has 5 nitrogen and oxygen atoms in total. The first kappa shape index (κ1) is 13.0. The Morgan fingerprint density at radius 1 is 1.48 bits per heavy atom. The summed E-state index contributed by atoms with van der Waals surface area (Å²) in [5.41, 5.74) is 1.79. The van der Waals surface area contributed by atoms with Crippen molar-refractivity contribution in [2.75, 3.05) is 19.8 Å². The van der Waals surface area contributed by atoms with Gasteiger partial charge < -0.3 is 20.3 Å². The summed E-state index contributed by atoms with van der Waals surface area (Å²) < 4.78 is 5.23. The molecule has 2 N–H and O–H groups in total. The van der Waals surface area contributed by atoms with Crippen molar-refractivity contribution < 1.29 is 9.53 Å². The average molecular weight is 287 g/mol. The van der Waals surface area contributed by atoms with Crippen LogP contribution in [0.5, 0.6) is 0 Å².